The third kappa shape index (κ3) is 3.48. The average molecular weight is 364 g/mol. The quantitative estimate of drug-likeness (QED) is 0.898. The molecule has 0 radical (unpaired) electrons. The fourth-order valence-corrected chi connectivity index (χ4v) is 5.31. The second-order valence-corrected chi connectivity index (χ2v) is 8.42. The molecule has 3 aliphatic heterocycles. The van der Waals surface area contributed by atoms with Gasteiger partial charge in [-0.25, -0.2) is 0 Å². The van der Waals surface area contributed by atoms with Crippen molar-refractivity contribution in [3.63, 3.8) is 0 Å². The van der Waals surface area contributed by atoms with Gasteiger partial charge < -0.3 is 10.1 Å². The molecule has 142 valence electrons. The van der Waals surface area contributed by atoms with Gasteiger partial charge in [0, 0.05) is 36.8 Å². The van der Waals surface area contributed by atoms with Crippen LogP contribution in [-0.4, -0.2) is 48.2 Å². The van der Waals surface area contributed by atoms with Gasteiger partial charge in [0.05, 0.1) is 6.10 Å². The Labute approximate surface area is 160 Å². The van der Waals surface area contributed by atoms with Gasteiger partial charge in [-0.05, 0) is 61.4 Å². The molecule has 1 N–H and O–H groups in total. The zero-order valence-corrected chi connectivity index (χ0v) is 15.8. The van der Waals surface area contributed by atoms with Gasteiger partial charge in [0.15, 0.2) is 0 Å². The Bertz CT molecular complexity index is 816. The van der Waals surface area contributed by atoms with Crippen molar-refractivity contribution in [2.24, 2.45) is 0 Å². The summed E-state index contributed by atoms with van der Waals surface area (Å²) in [6, 6.07) is 15.7. The highest BCUT2D eigenvalue weighted by Crippen LogP contribution is 2.36. The maximum atomic E-state index is 12.8. The third-order valence-corrected chi connectivity index (χ3v) is 6.67. The summed E-state index contributed by atoms with van der Waals surface area (Å²) in [5.74, 6) is 0.0673. The number of amides is 1. The molecule has 3 atom stereocenters. The van der Waals surface area contributed by atoms with Crippen molar-refractivity contribution in [1.82, 2.24) is 10.2 Å². The van der Waals surface area contributed by atoms with E-state index in [2.05, 4.69) is 22.3 Å². The minimum atomic E-state index is 0.0673. The first-order valence-corrected chi connectivity index (χ1v) is 10.4. The number of hydrogen-bond donors (Lipinski definition) is 1. The summed E-state index contributed by atoms with van der Waals surface area (Å²) in [4.78, 5) is 15.5. The lowest BCUT2D eigenvalue weighted by molar-refractivity contribution is 0.0332. The molecular weight excluding hydrogens is 336 g/mol. The fraction of sp³-hybridized carbons (Fsp3) is 0.522. The number of piperidine rings is 1. The van der Waals surface area contributed by atoms with Crippen LogP contribution < -0.4 is 5.32 Å². The number of rotatable bonds is 4. The Hall–Kier alpha value is -1.91. The summed E-state index contributed by atoms with van der Waals surface area (Å²) in [5.41, 5.74) is 0.767. The van der Waals surface area contributed by atoms with Gasteiger partial charge in [0.2, 0.25) is 0 Å². The van der Waals surface area contributed by atoms with Crippen LogP contribution in [0, 0.1) is 0 Å². The highest BCUT2D eigenvalue weighted by atomic mass is 16.5. The summed E-state index contributed by atoms with van der Waals surface area (Å²) in [7, 11) is 0. The smallest absolute Gasteiger partial charge is 0.251 e. The summed E-state index contributed by atoms with van der Waals surface area (Å²) in [5, 5.41) is 5.62. The van der Waals surface area contributed by atoms with E-state index in [-0.39, 0.29) is 5.91 Å². The summed E-state index contributed by atoms with van der Waals surface area (Å²) >= 11 is 0. The molecule has 2 aromatic rings. The van der Waals surface area contributed by atoms with Gasteiger partial charge in [0.25, 0.3) is 5.91 Å². The number of benzene rings is 2. The predicted molar refractivity (Wildman–Crippen MR) is 107 cm³/mol. The van der Waals surface area contributed by atoms with E-state index in [0.29, 0.717) is 24.2 Å². The molecule has 0 aromatic heterocycles. The molecule has 1 unspecified atom stereocenters. The molecule has 27 heavy (non-hydrogen) atoms. The highest BCUT2D eigenvalue weighted by molar-refractivity contribution is 5.98. The lowest BCUT2D eigenvalue weighted by Gasteiger charge is -2.40. The summed E-state index contributed by atoms with van der Waals surface area (Å²) < 4.78 is 5.85. The Morgan fingerprint density at radius 2 is 1.81 bits per heavy atom. The number of fused-ring (bicyclic) bond motifs is 3. The second kappa shape index (κ2) is 7.25. The molecule has 3 heterocycles. The number of carbonyl (C=O) groups excluding carboxylic acids is 1. The van der Waals surface area contributed by atoms with Crippen LogP contribution in [0.1, 0.15) is 48.9 Å². The van der Waals surface area contributed by atoms with Crippen LogP contribution in [-0.2, 0) is 4.74 Å². The van der Waals surface area contributed by atoms with Crippen LogP contribution in [0.2, 0.25) is 0 Å². The first-order chi connectivity index (χ1) is 13.3. The van der Waals surface area contributed by atoms with Gasteiger partial charge in [-0.1, -0.05) is 30.3 Å². The Kier molecular flexibility index (Phi) is 4.62. The van der Waals surface area contributed by atoms with Crippen LogP contribution in [0.3, 0.4) is 0 Å². The van der Waals surface area contributed by atoms with E-state index in [1.54, 1.807) is 0 Å². The van der Waals surface area contributed by atoms with E-state index >= 15 is 0 Å². The molecule has 4 nitrogen and oxygen atoms in total. The molecule has 1 amide bonds. The number of nitrogens with zero attached hydrogens (tertiary/aromatic N) is 1. The Morgan fingerprint density at radius 3 is 2.56 bits per heavy atom. The van der Waals surface area contributed by atoms with E-state index in [9.17, 15) is 4.79 Å². The minimum absolute atomic E-state index is 0.0673. The zero-order chi connectivity index (χ0) is 18.2. The van der Waals surface area contributed by atoms with Crippen molar-refractivity contribution in [3.05, 3.63) is 48.0 Å². The zero-order valence-electron chi connectivity index (χ0n) is 15.8. The number of carbonyl (C=O) groups is 1. The van der Waals surface area contributed by atoms with Crippen LogP contribution in [0.5, 0.6) is 0 Å². The van der Waals surface area contributed by atoms with Crippen LogP contribution in [0.4, 0.5) is 0 Å². The first kappa shape index (κ1) is 17.2. The van der Waals surface area contributed by atoms with Crippen molar-refractivity contribution in [3.8, 4) is 0 Å². The van der Waals surface area contributed by atoms with Crippen LogP contribution in [0.15, 0.2) is 42.5 Å². The summed E-state index contributed by atoms with van der Waals surface area (Å²) in [6.45, 7) is 2.01. The van der Waals surface area contributed by atoms with Crippen LogP contribution in [0.25, 0.3) is 10.8 Å². The van der Waals surface area contributed by atoms with Gasteiger partial charge in [0.1, 0.15) is 0 Å². The van der Waals surface area contributed by atoms with Crippen LogP contribution >= 0.6 is 0 Å². The predicted octanol–water partition coefficient (Wildman–Crippen LogP) is 3.74. The number of nitrogens with one attached hydrogen (secondary N) is 1. The molecule has 0 saturated carbocycles. The van der Waals surface area contributed by atoms with Crippen molar-refractivity contribution in [2.45, 2.75) is 62.8 Å². The molecule has 3 fully saturated rings. The SMILES string of the molecule is O=C(NC1C[C@H]2CC[C@H](C1)N2CC1CCCO1)c1ccc2ccccc2c1. The summed E-state index contributed by atoms with van der Waals surface area (Å²) in [6.07, 6.45) is 7.51. The maximum Gasteiger partial charge on any atom is 0.251 e. The lowest BCUT2D eigenvalue weighted by atomic mass is 9.96. The minimum Gasteiger partial charge on any atom is -0.377 e. The lowest BCUT2D eigenvalue weighted by Crippen LogP contribution is -2.52. The molecule has 3 saturated heterocycles. The van der Waals surface area contributed by atoms with E-state index in [4.69, 9.17) is 4.74 Å². The van der Waals surface area contributed by atoms with Crippen molar-refractivity contribution >= 4 is 16.7 Å². The highest BCUT2D eigenvalue weighted by Gasteiger charge is 2.42. The molecule has 0 spiro atoms. The fourth-order valence-electron chi connectivity index (χ4n) is 5.31. The normalized spacial score (nSPS) is 30.7. The Morgan fingerprint density at radius 1 is 1.04 bits per heavy atom. The van der Waals surface area contributed by atoms with Gasteiger partial charge in [-0.2, -0.15) is 0 Å². The van der Waals surface area contributed by atoms with E-state index < -0.39 is 0 Å². The van der Waals surface area contributed by atoms with Gasteiger partial charge in [-0.15, -0.1) is 0 Å². The van der Waals surface area contributed by atoms with E-state index in [1.165, 1.54) is 31.1 Å². The molecule has 2 aromatic carbocycles. The number of hydrogen-bond acceptors (Lipinski definition) is 3. The third-order valence-electron chi connectivity index (χ3n) is 6.67. The Balaban J connectivity index is 1.23. The molecular formula is C23H28N2O2. The molecule has 2 bridgehead atoms. The van der Waals surface area contributed by atoms with E-state index in [0.717, 1.165) is 36.9 Å². The van der Waals surface area contributed by atoms with Crippen molar-refractivity contribution < 1.29 is 9.53 Å². The molecule has 0 aliphatic carbocycles. The largest absolute Gasteiger partial charge is 0.377 e. The monoisotopic (exact) mass is 364 g/mol. The molecule has 5 rings (SSSR count). The maximum absolute atomic E-state index is 12.8. The first-order valence-electron chi connectivity index (χ1n) is 10.4. The van der Waals surface area contributed by atoms with Gasteiger partial charge >= 0.3 is 0 Å². The number of ether oxygens (including phenoxy) is 1. The molecule has 4 heteroatoms. The van der Waals surface area contributed by atoms with Crippen molar-refractivity contribution in [1.29, 1.82) is 0 Å². The molecule has 3 aliphatic rings. The van der Waals surface area contributed by atoms with Gasteiger partial charge in [-0.3, -0.25) is 9.69 Å². The van der Waals surface area contributed by atoms with E-state index in [1.807, 2.05) is 30.3 Å². The topological polar surface area (TPSA) is 41.6 Å². The average Bonchev–Trinajstić information content (AvgIpc) is 3.28. The standard InChI is InChI=1S/C23H28N2O2/c26-23(18-8-7-16-4-1-2-5-17(16)12-18)24-19-13-20-9-10-21(14-19)25(20)15-22-6-3-11-27-22/h1-2,4-5,7-8,12,19-22H,3,6,9-11,13-15H2,(H,24,26)/t20-,21-,22?/m1/s1. The van der Waals surface area contributed by atoms with Crippen molar-refractivity contribution in [2.75, 3.05) is 13.2 Å². The second-order valence-electron chi connectivity index (χ2n) is 8.42.